The predicted molar refractivity (Wildman–Crippen MR) is 198 cm³/mol. The van der Waals surface area contributed by atoms with Crippen LogP contribution in [0, 0.1) is 11.8 Å². The van der Waals surface area contributed by atoms with Crippen LogP contribution in [0.2, 0.25) is 0 Å². The van der Waals surface area contributed by atoms with E-state index in [1.807, 2.05) is 62.4 Å². The first-order chi connectivity index (χ1) is 24.6. The van der Waals surface area contributed by atoms with Crippen molar-refractivity contribution in [3.8, 4) is 0 Å². The number of aromatic nitrogens is 1. The number of nitrogens with zero attached hydrogens (tertiary/aromatic N) is 3. The third kappa shape index (κ3) is 10.4. The second-order valence-corrected chi connectivity index (χ2v) is 14.3. The van der Waals surface area contributed by atoms with E-state index >= 15 is 0 Å². The maximum absolute atomic E-state index is 14.3. The van der Waals surface area contributed by atoms with Gasteiger partial charge in [0, 0.05) is 19.0 Å². The summed E-state index contributed by atoms with van der Waals surface area (Å²) < 4.78 is 0. The van der Waals surface area contributed by atoms with Gasteiger partial charge in [-0.1, -0.05) is 82.3 Å². The van der Waals surface area contributed by atoms with E-state index in [4.69, 9.17) is 0 Å². The summed E-state index contributed by atoms with van der Waals surface area (Å²) in [6.45, 7) is 9.87. The van der Waals surface area contributed by atoms with E-state index in [9.17, 15) is 28.8 Å². The first-order valence-corrected chi connectivity index (χ1v) is 17.8. The molecule has 0 unspecified atom stereocenters. The van der Waals surface area contributed by atoms with Gasteiger partial charge in [-0.3, -0.25) is 28.8 Å². The highest BCUT2D eigenvalue weighted by Crippen LogP contribution is 2.16. The fraction of sp³-hybridized carbons (Fsp3) is 0.462. The van der Waals surface area contributed by atoms with Gasteiger partial charge in [-0.2, -0.15) is 0 Å². The molecule has 3 aromatic rings. The molecule has 1 aromatic heterocycles. The molecule has 0 aliphatic carbocycles. The topological polar surface area (TPSA) is 170 Å². The second-order valence-electron chi connectivity index (χ2n) is 14.3. The number of benzene rings is 2. The van der Waals surface area contributed by atoms with Crippen molar-refractivity contribution in [3.05, 3.63) is 78.0 Å². The number of carbonyl (C=O) groups excluding carboxylic acids is 6. The monoisotopic (exact) mass is 713 g/mol. The molecule has 278 valence electrons. The first kappa shape index (κ1) is 39.5. The minimum absolute atomic E-state index is 0.00716. The normalized spacial score (nSPS) is 23.1. The maximum atomic E-state index is 14.3. The number of hydrogen-bond acceptors (Lipinski definition) is 7. The molecule has 1 aliphatic rings. The quantitative estimate of drug-likeness (QED) is 0.304. The highest BCUT2D eigenvalue weighted by Gasteiger charge is 2.34. The number of amides is 6. The van der Waals surface area contributed by atoms with Gasteiger partial charge in [0.15, 0.2) is 0 Å². The van der Waals surface area contributed by atoms with Crippen molar-refractivity contribution in [2.45, 2.75) is 84.6 Å². The lowest BCUT2D eigenvalue weighted by molar-refractivity contribution is -0.142. The summed E-state index contributed by atoms with van der Waals surface area (Å²) in [7, 11) is 1.46. The molecule has 13 heteroatoms. The molecule has 5 atom stereocenters. The average Bonchev–Trinajstić information content (AvgIpc) is 3.11. The molecule has 4 rings (SSSR count). The molecule has 52 heavy (non-hydrogen) atoms. The zero-order chi connectivity index (χ0) is 38.1. The molecule has 0 radical (unpaired) electrons. The Morgan fingerprint density at radius 1 is 0.808 bits per heavy atom. The number of pyridine rings is 1. The number of nitrogens with one attached hydrogen (secondary N) is 4. The van der Waals surface area contributed by atoms with Gasteiger partial charge in [-0.05, 0) is 56.2 Å². The van der Waals surface area contributed by atoms with Gasteiger partial charge in [-0.15, -0.1) is 0 Å². The molecule has 1 saturated heterocycles. The van der Waals surface area contributed by atoms with Crippen LogP contribution in [0.1, 0.15) is 64.0 Å². The largest absolute Gasteiger partial charge is 0.349 e. The van der Waals surface area contributed by atoms with Gasteiger partial charge in [-0.25, -0.2) is 4.98 Å². The number of carbonyl (C=O) groups is 6. The Morgan fingerprint density at radius 2 is 1.48 bits per heavy atom. The Kier molecular flexibility index (Phi) is 13.5. The zero-order valence-corrected chi connectivity index (χ0v) is 31.0. The molecule has 6 amide bonds. The van der Waals surface area contributed by atoms with Crippen molar-refractivity contribution >= 4 is 46.3 Å². The van der Waals surface area contributed by atoms with Crippen molar-refractivity contribution in [2.24, 2.45) is 11.8 Å². The molecule has 2 heterocycles. The lowest BCUT2D eigenvalue weighted by Gasteiger charge is -2.33. The Balaban J connectivity index is 1.79. The molecule has 4 N–H and O–H groups in total. The minimum atomic E-state index is -1.03. The fourth-order valence-corrected chi connectivity index (χ4v) is 6.11. The van der Waals surface area contributed by atoms with Gasteiger partial charge in [0.1, 0.15) is 29.9 Å². The van der Waals surface area contributed by atoms with E-state index in [0.29, 0.717) is 11.9 Å². The first-order valence-electron chi connectivity index (χ1n) is 17.8. The summed E-state index contributed by atoms with van der Waals surface area (Å²) >= 11 is 0. The van der Waals surface area contributed by atoms with Gasteiger partial charge in [0.05, 0.1) is 18.1 Å². The summed E-state index contributed by atoms with van der Waals surface area (Å²) in [4.78, 5) is 89.6. The molecule has 0 saturated carbocycles. The van der Waals surface area contributed by atoms with Gasteiger partial charge in [0.2, 0.25) is 29.5 Å². The molecule has 1 aliphatic heterocycles. The Bertz CT molecular complexity index is 1760. The highest BCUT2D eigenvalue weighted by atomic mass is 16.2. The summed E-state index contributed by atoms with van der Waals surface area (Å²) in [5.41, 5.74) is 1.58. The third-order valence-electron chi connectivity index (χ3n) is 9.20. The third-order valence-corrected chi connectivity index (χ3v) is 9.20. The summed E-state index contributed by atoms with van der Waals surface area (Å²) in [5, 5.41) is 12.1. The molecule has 13 nitrogen and oxygen atoms in total. The van der Waals surface area contributed by atoms with E-state index in [0.717, 1.165) is 10.9 Å². The smallest absolute Gasteiger partial charge is 0.273 e. The fourth-order valence-electron chi connectivity index (χ4n) is 6.11. The molecular formula is C39H51N7O6. The van der Waals surface area contributed by atoms with Crippen LogP contribution in [0.3, 0.4) is 0 Å². The lowest BCUT2D eigenvalue weighted by atomic mass is 10.00. The van der Waals surface area contributed by atoms with Crippen LogP contribution in [0.25, 0.3) is 10.9 Å². The van der Waals surface area contributed by atoms with Crippen LogP contribution in [0.15, 0.2) is 66.7 Å². The SMILES string of the molecule is CC(C)C[C@@H]1NC(=O)CN(C(=O)c2ccc3ccccc3n2)C[C@H](Cc2ccccc2)NC(=O)[C@H](C(C)C)NC(=O)[C@@H](C)NC(=O)[C@H](C)N(C)C1=O. The van der Waals surface area contributed by atoms with Crippen molar-refractivity contribution in [1.82, 2.24) is 36.1 Å². The predicted octanol–water partition coefficient (Wildman–Crippen LogP) is 2.44. The van der Waals surface area contributed by atoms with Crippen LogP contribution in [0.5, 0.6) is 0 Å². The van der Waals surface area contributed by atoms with Crippen LogP contribution in [-0.4, -0.2) is 101 Å². The number of rotatable bonds is 6. The zero-order valence-electron chi connectivity index (χ0n) is 31.0. The van der Waals surface area contributed by atoms with Crippen LogP contribution >= 0.6 is 0 Å². The Morgan fingerprint density at radius 3 is 2.15 bits per heavy atom. The highest BCUT2D eigenvalue weighted by molar-refractivity contribution is 5.98. The van der Waals surface area contributed by atoms with Crippen molar-refractivity contribution < 1.29 is 28.8 Å². The summed E-state index contributed by atoms with van der Waals surface area (Å²) in [6.07, 6.45) is 0.566. The van der Waals surface area contributed by atoms with Gasteiger partial charge in [0.25, 0.3) is 5.91 Å². The van der Waals surface area contributed by atoms with E-state index in [1.54, 1.807) is 32.0 Å². The number of fused-ring (bicyclic) bond motifs is 1. The van der Waals surface area contributed by atoms with Crippen molar-refractivity contribution in [2.75, 3.05) is 20.1 Å². The summed E-state index contributed by atoms with van der Waals surface area (Å²) in [6, 6.07) is 15.4. The molecular weight excluding hydrogens is 662 g/mol. The minimum Gasteiger partial charge on any atom is -0.349 e. The van der Waals surface area contributed by atoms with Crippen molar-refractivity contribution in [3.63, 3.8) is 0 Å². The molecule has 0 spiro atoms. The Labute approximate surface area is 305 Å². The Hall–Kier alpha value is -5.33. The van der Waals surface area contributed by atoms with E-state index in [-0.39, 0.29) is 30.5 Å². The van der Waals surface area contributed by atoms with Gasteiger partial charge >= 0.3 is 0 Å². The number of hydrogen-bond donors (Lipinski definition) is 4. The molecule has 0 bridgehead atoms. The van der Waals surface area contributed by atoms with E-state index in [2.05, 4.69) is 26.3 Å². The lowest BCUT2D eigenvalue weighted by Crippen LogP contribution is -2.60. The van der Waals surface area contributed by atoms with Crippen LogP contribution in [-0.2, 0) is 30.4 Å². The molecule has 1 fully saturated rings. The maximum Gasteiger partial charge on any atom is 0.273 e. The van der Waals surface area contributed by atoms with E-state index < -0.39 is 72.2 Å². The molecule has 2 aromatic carbocycles. The second kappa shape index (κ2) is 17.7. The number of para-hydroxylation sites is 1. The summed E-state index contributed by atoms with van der Waals surface area (Å²) in [5.74, 6) is -3.63. The van der Waals surface area contributed by atoms with E-state index in [1.165, 1.54) is 30.7 Å². The van der Waals surface area contributed by atoms with Crippen LogP contribution in [0.4, 0.5) is 0 Å². The average molecular weight is 714 g/mol. The number of likely N-dealkylation sites (N-methyl/N-ethyl adjacent to an activating group) is 1. The standard InChI is InChI=1S/C39H51N7O6/c1-23(2)19-32-38(51)45(7)26(6)36(49)40-25(5)35(48)44-34(24(3)4)37(50)41-29(20-27-13-9-8-10-14-27)21-46(22-33(47)43-32)39(52)31-18-17-28-15-11-12-16-30(28)42-31/h8-18,23-26,29,32,34H,19-22H2,1-7H3,(H,40,49)(H,41,50)(H,43,47)(H,44,48)/t25-,26+,29+,32+,34+/m1/s1. The van der Waals surface area contributed by atoms with Crippen LogP contribution < -0.4 is 21.3 Å². The van der Waals surface area contributed by atoms with Crippen molar-refractivity contribution in [1.29, 1.82) is 0 Å². The van der Waals surface area contributed by atoms with Gasteiger partial charge < -0.3 is 31.1 Å².